The van der Waals surface area contributed by atoms with Crippen molar-refractivity contribution in [1.29, 1.82) is 0 Å². The summed E-state index contributed by atoms with van der Waals surface area (Å²) in [4.78, 5) is 18.5. The minimum atomic E-state index is -0.612. The molecule has 2 aromatic rings. The Morgan fingerprint density at radius 3 is 2.74 bits per heavy atom. The second-order valence-electron chi connectivity index (χ2n) is 5.18. The molecule has 6 nitrogen and oxygen atoms in total. The van der Waals surface area contributed by atoms with Crippen LogP contribution in [-0.4, -0.2) is 37.0 Å². The van der Waals surface area contributed by atoms with Gasteiger partial charge in [-0.2, -0.15) is 0 Å². The lowest BCUT2D eigenvalue weighted by molar-refractivity contribution is -0.0146. The summed E-state index contributed by atoms with van der Waals surface area (Å²) in [7, 11) is 0. The van der Waals surface area contributed by atoms with Crippen molar-refractivity contribution in [2.24, 2.45) is 0 Å². The first-order valence-electron chi connectivity index (χ1n) is 6.51. The summed E-state index contributed by atoms with van der Waals surface area (Å²) in [6.07, 6.45) is 2.25. The first-order chi connectivity index (χ1) is 9.09. The molecule has 3 N–H and O–H groups in total. The van der Waals surface area contributed by atoms with E-state index in [2.05, 4.69) is 9.97 Å². The molecule has 2 heterocycles. The van der Waals surface area contributed by atoms with Gasteiger partial charge in [-0.15, -0.1) is 0 Å². The van der Waals surface area contributed by atoms with E-state index in [1.54, 1.807) is 10.6 Å². The summed E-state index contributed by atoms with van der Waals surface area (Å²) in [6, 6.07) is 1.32. The maximum absolute atomic E-state index is 11.8. The molecule has 0 saturated heterocycles. The summed E-state index contributed by atoms with van der Waals surface area (Å²) in [5.41, 5.74) is 1.14. The van der Waals surface area contributed by atoms with E-state index < -0.39 is 18.2 Å². The number of hydrogen-bond donors (Lipinski definition) is 3. The number of aromatic nitrogens is 3. The van der Waals surface area contributed by atoms with Gasteiger partial charge in [0.1, 0.15) is 5.65 Å². The Hall–Kier alpha value is -1.66. The van der Waals surface area contributed by atoms with Crippen LogP contribution in [0.1, 0.15) is 31.0 Å². The Balaban J connectivity index is 2.21. The van der Waals surface area contributed by atoms with Gasteiger partial charge >= 0.3 is 0 Å². The topological polar surface area (TPSA) is 91.1 Å². The molecule has 0 spiro atoms. The van der Waals surface area contributed by atoms with Gasteiger partial charge < -0.3 is 19.8 Å². The highest BCUT2D eigenvalue weighted by Crippen LogP contribution is 2.32. The summed E-state index contributed by atoms with van der Waals surface area (Å²) < 4.78 is 1.79. The van der Waals surface area contributed by atoms with Crippen molar-refractivity contribution in [3.63, 3.8) is 0 Å². The van der Waals surface area contributed by atoms with Crippen molar-refractivity contribution in [1.82, 2.24) is 14.5 Å². The van der Waals surface area contributed by atoms with Gasteiger partial charge in [0.05, 0.1) is 30.0 Å². The lowest BCUT2D eigenvalue weighted by Crippen LogP contribution is -2.38. The first-order valence-corrected chi connectivity index (χ1v) is 6.51. The summed E-state index contributed by atoms with van der Waals surface area (Å²) in [5, 5.41) is 20.8. The van der Waals surface area contributed by atoms with Crippen LogP contribution >= 0.6 is 0 Å². The van der Waals surface area contributed by atoms with Crippen LogP contribution in [0, 0.1) is 6.92 Å². The van der Waals surface area contributed by atoms with Gasteiger partial charge in [-0.05, 0) is 32.3 Å². The fourth-order valence-corrected chi connectivity index (χ4v) is 3.02. The van der Waals surface area contributed by atoms with E-state index >= 15 is 0 Å². The Bertz CT molecular complexity index is 651. The second kappa shape index (κ2) is 4.47. The zero-order chi connectivity index (χ0) is 13.6. The van der Waals surface area contributed by atoms with E-state index in [0.717, 1.165) is 12.1 Å². The third-order valence-corrected chi connectivity index (χ3v) is 3.92. The fourth-order valence-electron chi connectivity index (χ4n) is 3.02. The predicted octanol–water partition coefficient (Wildman–Crippen LogP) is 0.480. The molecule has 6 heteroatoms. The number of H-pyrrole nitrogens is 1. The maximum atomic E-state index is 11.8. The van der Waals surface area contributed by atoms with Gasteiger partial charge in [-0.3, -0.25) is 4.79 Å². The molecule has 1 aliphatic rings. The zero-order valence-electron chi connectivity index (χ0n) is 10.7. The highest BCUT2D eigenvalue weighted by Gasteiger charge is 2.34. The standard InChI is InChI=1S/C13H17N3O3/c1-7-5-8-12(14-6-15-13(8)19)16(7)11-9(17)3-2-4-10(11)18/h5-6,9-11,17-18H,2-4H2,1H3,(H,14,15,19). The van der Waals surface area contributed by atoms with Gasteiger partial charge in [-0.1, -0.05) is 0 Å². The number of rotatable bonds is 1. The van der Waals surface area contributed by atoms with Crippen LogP contribution in [0.2, 0.25) is 0 Å². The largest absolute Gasteiger partial charge is 0.391 e. The number of fused-ring (bicyclic) bond motifs is 1. The molecule has 0 bridgehead atoms. The van der Waals surface area contributed by atoms with Crippen molar-refractivity contribution in [3.8, 4) is 0 Å². The number of aryl methyl sites for hydroxylation is 1. The molecular weight excluding hydrogens is 246 g/mol. The molecule has 3 rings (SSSR count). The van der Waals surface area contributed by atoms with Crippen LogP contribution < -0.4 is 5.56 Å². The average Bonchev–Trinajstić information content (AvgIpc) is 2.68. The van der Waals surface area contributed by atoms with Crippen LogP contribution in [0.4, 0.5) is 0 Å². The molecule has 1 saturated carbocycles. The highest BCUT2D eigenvalue weighted by atomic mass is 16.3. The zero-order valence-corrected chi connectivity index (χ0v) is 10.7. The smallest absolute Gasteiger partial charge is 0.260 e. The summed E-state index contributed by atoms with van der Waals surface area (Å²) in [6.45, 7) is 1.86. The molecule has 0 aromatic carbocycles. The number of nitrogens with zero attached hydrogens (tertiary/aromatic N) is 2. The molecule has 0 radical (unpaired) electrons. The molecular formula is C13H17N3O3. The molecule has 19 heavy (non-hydrogen) atoms. The van der Waals surface area contributed by atoms with Gasteiger partial charge in [0, 0.05) is 5.69 Å². The summed E-state index contributed by atoms with van der Waals surface area (Å²) >= 11 is 0. The van der Waals surface area contributed by atoms with Crippen molar-refractivity contribution < 1.29 is 10.2 Å². The van der Waals surface area contributed by atoms with E-state index in [-0.39, 0.29) is 5.56 Å². The molecule has 2 atom stereocenters. The maximum Gasteiger partial charge on any atom is 0.260 e. The molecule has 0 amide bonds. The van der Waals surface area contributed by atoms with Crippen molar-refractivity contribution in [2.75, 3.05) is 0 Å². The second-order valence-corrected chi connectivity index (χ2v) is 5.18. The summed E-state index contributed by atoms with van der Waals surface area (Å²) in [5.74, 6) is 0. The quantitative estimate of drug-likeness (QED) is 0.698. The van der Waals surface area contributed by atoms with Crippen LogP contribution in [0.5, 0.6) is 0 Å². The van der Waals surface area contributed by atoms with Crippen LogP contribution in [0.15, 0.2) is 17.2 Å². The molecule has 2 aromatic heterocycles. The number of nitrogens with one attached hydrogen (secondary N) is 1. The Labute approximate surface area is 109 Å². The van der Waals surface area contributed by atoms with Gasteiger partial charge in [0.15, 0.2) is 0 Å². The van der Waals surface area contributed by atoms with E-state index in [9.17, 15) is 15.0 Å². The highest BCUT2D eigenvalue weighted by molar-refractivity contribution is 5.76. The first kappa shape index (κ1) is 12.4. The Morgan fingerprint density at radius 2 is 2.05 bits per heavy atom. The molecule has 1 fully saturated rings. The van der Waals surface area contributed by atoms with Crippen LogP contribution in [0.25, 0.3) is 11.0 Å². The van der Waals surface area contributed by atoms with E-state index in [4.69, 9.17) is 0 Å². The Kier molecular flexibility index (Phi) is 2.91. The SMILES string of the molecule is Cc1cc2c(=O)[nH]cnc2n1C1C(O)CCCC1O. The number of hydrogen-bond acceptors (Lipinski definition) is 4. The minimum absolute atomic E-state index is 0.202. The molecule has 0 aliphatic heterocycles. The molecule has 102 valence electrons. The molecule has 1 aliphatic carbocycles. The van der Waals surface area contributed by atoms with Crippen molar-refractivity contribution >= 4 is 11.0 Å². The normalized spacial score (nSPS) is 27.8. The Morgan fingerprint density at radius 1 is 1.37 bits per heavy atom. The number of aliphatic hydroxyl groups is 2. The van der Waals surface area contributed by atoms with Crippen LogP contribution in [0.3, 0.4) is 0 Å². The fraction of sp³-hybridized carbons (Fsp3) is 0.538. The van der Waals surface area contributed by atoms with Crippen molar-refractivity contribution in [3.05, 3.63) is 28.4 Å². The lowest BCUT2D eigenvalue weighted by Gasteiger charge is -2.34. The average molecular weight is 263 g/mol. The van der Waals surface area contributed by atoms with Gasteiger partial charge in [0.25, 0.3) is 5.56 Å². The van der Waals surface area contributed by atoms with Crippen molar-refractivity contribution in [2.45, 2.75) is 44.4 Å². The molecule has 2 unspecified atom stereocenters. The van der Waals surface area contributed by atoms with Gasteiger partial charge in [-0.25, -0.2) is 4.98 Å². The third-order valence-electron chi connectivity index (χ3n) is 3.92. The van der Waals surface area contributed by atoms with Crippen LogP contribution in [-0.2, 0) is 0 Å². The number of aromatic amines is 1. The monoisotopic (exact) mass is 263 g/mol. The van der Waals surface area contributed by atoms with E-state index in [0.29, 0.717) is 23.9 Å². The van der Waals surface area contributed by atoms with E-state index in [1.807, 2.05) is 6.92 Å². The minimum Gasteiger partial charge on any atom is -0.391 e. The lowest BCUT2D eigenvalue weighted by atomic mass is 9.89. The third kappa shape index (κ3) is 1.87. The number of aliphatic hydroxyl groups excluding tert-OH is 2. The predicted molar refractivity (Wildman–Crippen MR) is 70.0 cm³/mol. The van der Waals surface area contributed by atoms with Gasteiger partial charge in [0.2, 0.25) is 0 Å². The van der Waals surface area contributed by atoms with E-state index in [1.165, 1.54) is 6.33 Å².